The van der Waals surface area contributed by atoms with Crippen molar-refractivity contribution in [1.29, 1.82) is 0 Å². The van der Waals surface area contributed by atoms with Crippen LogP contribution < -0.4 is 15.8 Å². The molecule has 0 spiro atoms. The van der Waals surface area contributed by atoms with E-state index >= 15 is 0 Å². The standard InChI is InChI=1S/C13H15N7O4S/c21-10(16-13-17-15-8-25-13)7-18-3-5-19(6-4-18)9-1-2-14-12(22)11(9)20(23)24/h1-2,8H,3-7H2,(H,14,22)(H,16,17,21). The number of rotatable bonds is 5. The van der Waals surface area contributed by atoms with Crippen molar-refractivity contribution < 1.29 is 9.72 Å². The molecule has 1 amide bonds. The molecule has 0 unspecified atom stereocenters. The molecule has 1 fully saturated rings. The molecule has 25 heavy (non-hydrogen) atoms. The van der Waals surface area contributed by atoms with Crippen LogP contribution >= 0.6 is 11.3 Å². The van der Waals surface area contributed by atoms with Gasteiger partial charge in [0.05, 0.1) is 11.5 Å². The molecule has 3 heterocycles. The normalized spacial score (nSPS) is 15.1. The summed E-state index contributed by atoms with van der Waals surface area (Å²) in [5.41, 5.74) is 0.654. The molecule has 2 aromatic rings. The number of nitrogens with zero attached hydrogens (tertiary/aromatic N) is 5. The Morgan fingerprint density at radius 1 is 1.40 bits per heavy atom. The molecule has 3 rings (SSSR count). The second-order valence-electron chi connectivity index (χ2n) is 5.35. The van der Waals surface area contributed by atoms with Crippen molar-refractivity contribution in [2.45, 2.75) is 0 Å². The number of aromatic amines is 1. The summed E-state index contributed by atoms with van der Waals surface area (Å²) in [5.74, 6) is -0.188. The molecule has 132 valence electrons. The van der Waals surface area contributed by atoms with Gasteiger partial charge in [0.2, 0.25) is 11.0 Å². The minimum Gasteiger partial charge on any atom is -0.363 e. The summed E-state index contributed by atoms with van der Waals surface area (Å²) < 4.78 is 0. The fourth-order valence-electron chi connectivity index (χ4n) is 2.63. The first-order valence-electron chi connectivity index (χ1n) is 7.44. The summed E-state index contributed by atoms with van der Waals surface area (Å²) in [6.45, 7) is 2.26. The number of hydrogen-bond acceptors (Lipinski definition) is 9. The lowest BCUT2D eigenvalue weighted by atomic mass is 10.2. The number of piperazine rings is 1. The molecule has 0 aliphatic carbocycles. The highest BCUT2D eigenvalue weighted by atomic mass is 32.1. The van der Waals surface area contributed by atoms with Gasteiger partial charge >= 0.3 is 11.2 Å². The van der Waals surface area contributed by atoms with Gasteiger partial charge in [-0.2, -0.15) is 0 Å². The molecule has 12 heteroatoms. The number of carbonyl (C=O) groups excluding carboxylic acids is 1. The van der Waals surface area contributed by atoms with E-state index in [1.807, 2.05) is 4.90 Å². The summed E-state index contributed by atoms with van der Waals surface area (Å²) in [7, 11) is 0. The molecule has 0 atom stereocenters. The minimum absolute atomic E-state index is 0.188. The average Bonchev–Trinajstić information content (AvgIpc) is 3.07. The van der Waals surface area contributed by atoms with Gasteiger partial charge in [0.25, 0.3) is 0 Å². The van der Waals surface area contributed by atoms with Crippen molar-refractivity contribution in [3.05, 3.63) is 38.2 Å². The number of aromatic nitrogens is 3. The molecule has 0 saturated carbocycles. The maximum Gasteiger partial charge on any atom is 0.356 e. The van der Waals surface area contributed by atoms with Crippen molar-refractivity contribution in [2.75, 3.05) is 42.9 Å². The Morgan fingerprint density at radius 3 is 2.80 bits per heavy atom. The van der Waals surface area contributed by atoms with Crippen LogP contribution in [-0.4, -0.2) is 63.6 Å². The number of hydrogen-bond donors (Lipinski definition) is 2. The van der Waals surface area contributed by atoms with Crippen LogP contribution in [0.25, 0.3) is 0 Å². The summed E-state index contributed by atoms with van der Waals surface area (Å²) in [6, 6.07) is 1.53. The summed E-state index contributed by atoms with van der Waals surface area (Å²) in [6.07, 6.45) is 1.40. The molecular formula is C13H15N7O4S. The molecule has 2 N–H and O–H groups in total. The van der Waals surface area contributed by atoms with Crippen molar-refractivity contribution in [3.8, 4) is 0 Å². The molecular weight excluding hydrogens is 350 g/mol. The zero-order chi connectivity index (χ0) is 17.8. The van der Waals surface area contributed by atoms with E-state index in [0.29, 0.717) is 37.0 Å². The van der Waals surface area contributed by atoms with Crippen LogP contribution in [0.5, 0.6) is 0 Å². The third-order valence-electron chi connectivity index (χ3n) is 3.78. The van der Waals surface area contributed by atoms with Crippen molar-refractivity contribution in [2.24, 2.45) is 0 Å². The molecule has 1 saturated heterocycles. The van der Waals surface area contributed by atoms with Crippen LogP contribution in [0.2, 0.25) is 0 Å². The molecule has 0 bridgehead atoms. The van der Waals surface area contributed by atoms with Gasteiger partial charge in [-0.1, -0.05) is 11.3 Å². The molecule has 1 aliphatic rings. The average molecular weight is 365 g/mol. The Labute approximate surface area is 145 Å². The van der Waals surface area contributed by atoms with Crippen molar-refractivity contribution in [1.82, 2.24) is 20.1 Å². The first kappa shape index (κ1) is 17.0. The quantitative estimate of drug-likeness (QED) is 0.553. The van der Waals surface area contributed by atoms with E-state index in [9.17, 15) is 19.7 Å². The lowest BCUT2D eigenvalue weighted by Gasteiger charge is -2.35. The van der Waals surface area contributed by atoms with Gasteiger partial charge < -0.3 is 9.88 Å². The third kappa shape index (κ3) is 3.97. The Balaban J connectivity index is 1.59. The van der Waals surface area contributed by atoms with Crippen molar-refractivity contribution >= 4 is 33.8 Å². The van der Waals surface area contributed by atoms with Gasteiger partial charge in [-0.3, -0.25) is 29.9 Å². The molecule has 11 nitrogen and oxygen atoms in total. The molecule has 2 aromatic heterocycles. The SMILES string of the molecule is O=C(CN1CCN(c2cc[nH]c(=O)c2[N+](=O)[O-])CC1)Nc1nncs1. The number of H-pyrrole nitrogens is 1. The number of nitrogens with one attached hydrogen (secondary N) is 2. The van der Waals surface area contributed by atoms with Gasteiger partial charge in [-0.25, -0.2) is 0 Å². The van der Waals surface area contributed by atoms with E-state index in [1.54, 1.807) is 4.90 Å². The van der Waals surface area contributed by atoms with E-state index in [2.05, 4.69) is 20.5 Å². The van der Waals surface area contributed by atoms with E-state index in [4.69, 9.17) is 0 Å². The highest BCUT2D eigenvalue weighted by Gasteiger charge is 2.27. The zero-order valence-electron chi connectivity index (χ0n) is 13.0. The van der Waals surface area contributed by atoms with E-state index < -0.39 is 16.2 Å². The first-order chi connectivity index (χ1) is 12.0. The van der Waals surface area contributed by atoms with Gasteiger partial charge in [-0.15, -0.1) is 10.2 Å². The maximum absolute atomic E-state index is 12.0. The van der Waals surface area contributed by atoms with Crippen LogP contribution in [0.15, 0.2) is 22.6 Å². The second kappa shape index (κ2) is 7.36. The smallest absolute Gasteiger partial charge is 0.356 e. The molecule has 0 radical (unpaired) electrons. The minimum atomic E-state index is -0.721. The van der Waals surface area contributed by atoms with Gasteiger partial charge in [-0.05, 0) is 6.07 Å². The summed E-state index contributed by atoms with van der Waals surface area (Å²) >= 11 is 1.24. The number of amides is 1. The largest absolute Gasteiger partial charge is 0.363 e. The predicted molar refractivity (Wildman–Crippen MR) is 90.9 cm³/mol. The van der Waals surface area contributed by atoms with E-state index in [-0.39, 0.29) is 12.5 Å². The van der Waals surface area contributed by atoms with Crippen LogP contribution in [-0.2, 0) is 4.79 Å². The Kier molecular flexibility index (Phi) is 5.00. The number of nitro groups is 1. The first-order valence-corrected chi connectivity index (χ1v) is 8.32. The zero-order valence-corrected chi connectivity index (χ0v) is 13.9. The van der Waals surface area contributed by atoms with E-state index in [1.165, 1.54) is 29.1 Å². The molecule has 1 aliphatic heterocycles. The van der Waals surface area contributed by atoms with Crippen molar-refractivity contribution in [3.63, 3.8) is 0 Å². The van der Waals surface area contributed by atoms with Gasteiger partial charge in [0.1, 0.15) is 11.2 Å². The van der Waals surface area contributed by atoms with Crippen LogP contribution in [0.3, 0.4) is 0 Å². The fraction of sp³-hybridized carbons (Fsp3) is 0.385. The number of carbonyl (C=O) groups is 1. The Morgan fingerprint density at radius 2 is 2.16 bits per heavy atom. The lowest BCUT2D eigenvalue weighted by Crippen LogP contribution is -2.49. The third-order valence-corrected chi connectivity index (χ3v) is 4.39. The topological polar surface area (TPSA) is 137 Å². The Bertz CT molecular complexity index is 814. The van der Waals surface area contributed by atoms with Gasteiger partial charge in [0.15, 0.2) is 0 Å². The van der Waals surface area contributed by atoms with Gasteiger partial charge in [0, 0.05) is 32.4 Å². The highest BCUT2D eigenvalue weighted by molar-refractivity contribution is 7.13. The monoisotopic (exact) mass is 365 g/mol. The predicted octanol–water partition coefficient (Wildman–Crippen LogP) is -0.105. The Hall–Kier alpha value is -2.86. The number of pyridine rings is 1. The lowest BCUT2D eigenvalue weighted by molar-refractivity contribution is -0.385. The fourth-order valence-corrected chi connectivity index (χ4v) is 3.09. The summed E-state index contributed by atoms with van der Waals surface area (Å²) in [4.78, 5) is 40.1. The van der Waals surface area contributed by atoms with Crippen LogP contribution in [0, 0.1) is 10.1 Å². The number of anilines is 2. The van der Waals surface area contributed by atoms with Crippen LogP contribution in [0.4, 0.5) is 16.5 Å². The molecule has 0 aromatic carbocycles. The second-order valence-corrected chi connectivity index (χ2v) is 6.19. The highest BCUT2D eigenvalue weighted by Crippen LogP contribution is 2.24. The van der Waals surface area contributed by atoms with E-state index in [0.717, 1.165) is 0 Å². The van der Waals surface area contributed by atoms with Crippen LogP contribution in [0.1, 0.15) is 0 Å². The maximum atomic E-state index is 12.0. The summed E-state index contributed by atoms with van der Waals surface area (Å²) in [5, 5.41) is 21.6.